The number of hydrogen-bond donors (Lipinski definition) is 2. The zero-order chi connectivity index (χ0) is 31.0. The van der Waals surface area contributed by atoms with Crippen molar-refractivity contribution in [2.75, 3.05) is 5.32 Å². The number of ether oxygens (including phenoxy) is 1. The number of nitrogens with zero attached hydrogens (tertiary/aromatic N) is 2. The summed E-state index contributed by atoms with van der Waals surface area (Å²) in [6.45, 7) is 18.0. The van der Waals surface area contributed by atoms with Crippen molar-refractivity contribution >= 4 is 31.1 Å². The molecule has 0 aliphatic carbocycles. The molecule has 0 unspecified atom stereocenters. The molecular formula is C29H39F3N4O4Si. The Balaban J connectivity index is 2.15. The van der Waals surface area contributed by atoms with Crippen molar-refractivity contribution in [3.05, 3.63) is 64.1 Å². The fourth-order valence-corrected chi connectivity index (χ4v) is 4.95. The number of fused-ring (bicyclic) bond motifs is 1. The molecule has 2 amide bonds. The molecule has 0 bridgehead atoms. The number of amides is 2. The highest BCUT2D eigenvalue weighted by molar-refractivity contribution is 6.74. The predicted octanol–water partition coefficient (Wildman–Crippen LogP) is 7.35. The van der Waals surface area contributed by atoms with Gasteiger partial charge in [-0.1, -0.05) is 32.9 Å². The van der Waals surface area contributed by atoms with Crippen LogP contribution in [0.5, 0.6) is 5.75 Å². The Morgan fingerprint density at radius 1 is 1.07 bits per heavy atom. The molecule has 1 atom stereocenters. The maximum absolute atomic E-state index is 13.1. The average Bonchev–Trinajstić information content (AvgIpc) is 2.80. The van der Waals surface area contributed by atoms with E-state index in [1.54, 1.807) is 25.1 Å². The van der Waals surface area contributed by atoms with Crippen LogP contribution >= 0.6 is 0 Å². The van der Waals surface area contributed by atoms with Crippen LogP contribution in [0, 0.1) is 0 Å². The quantitative estimate of drug-likeness (QED) is 0.280. The van der Waals surface area contributed by atoms with Crippen molar-refractivity contribution in [2.45, 2.75) is 91.1 Å². The van der Waals surface area contributed by atoms with Crippen molar-refractivity contribution in [3.8, 4) is 5.75 Å². The third-order valence-electron chi connectivity index (χ3n) is 7.14. The number of nitrogens with one attached hydrogen (secondary N) is 2. The van der Waals surface area contributed by atoms with Crippen molar-refractivity contribution in [1.29, 1.82) is 0 Å². The average molecular weight is 593 g/mol. The summed E-state index contributed by atoms with van der Waals surface area (Å²) in [5.74, 6) is -0.381. The van der Waals surface area contributed by atoms with Crippen LogP contribution in [0.15, 0.2) is 47.4 Å². The van der Waals surface area contributed by atoms with Gasteiger partial charge in [0.2, 0.25) is 0 Å². The molecular weight excluding hydrogens is 553 g/mol. The van der Waals surface area contributed by atoms with Crippen LogP contribution in [0.25, 0.3) is 11.0 Å². The number of aromatic nitrogens is 2. The Kier molecular flexibility index (Phi) is 9.00. The van der Waals surface area contributed by atoms with Gasteiger partial charge >= 0.3 is 12.4 Å². The summed E-state index contributed by atoms with van der Waals surface area (Å²) in [4.78, 5) is 30.4. The second kappa shape index (κ2) is 11.5. The molecule has 3 rings (SSSR count). The van der Waals surface area contributed by atoms with E-state index in [0.29, 0.717) is 27.8 Å². The van der Waals surface area contributed by atoms with Gasteiger partial charge in [-0.05, 0) is 75.7 Å². The second-order valence-corrected chi connectivity index (χ2v) is 17.4. The number of alkyl halides is 3. The number of rotatable bonds is 7. The standard InChI is InChI=1S/C29H39F3N4O4Si/c1-18(19-11-10-12-20(15-19)40-29(30,31)32)36-23-14-13-22(34-26(38)35-27(2,3)4)21(25(23)33-16-24(36)37)17-39-41(8,9)28(5,6)7/h10-16,18H,17H2,1-9H3,(H2,34,35,38)/t18-/m0/s1. The molecule has 0 aliphatic heterocycles. The SMILES string of the molecule is C[C@@H](c1cccc(OC(F)(F)F)c1)n1c(=O)cnc2c(CO[Si](C)(C)C(C)(C)C)c(NC(=O)NC(C)(C)C)ccc21. The molecule has 2 N–H and O–H groups in total. The van der Waals surface area contributed by atoms with Crippen LogP contribution in [-0.4, -0.2) is 35.8 Å². The van der Waals surface area contributed by atoms with Crippen LogP contribution in [0.2, 0.25) is 18.1 Å². The summed E-state index contributed by atoms with van der Waals surface area (Å²) in [6.07, 6.45) is -3.67. The fraction of sp³-hybridized carbons (Fsp3) is 0.483. The zero-order valence-electron chi connectivity index (χ0n) is 25.0. The van der Waals surface area contributed by atoms with Gasteiger partial charge in [0.05, 0.1) is 35.6 Å². The summed E-state index contributed by atoms with van der Waals surface area (Å²) >= 11 is 0. The van der Waals surface area contributed by atoms with E-state index in [4.69, 9.17) is 4.43 Å². The van der Waals surface area contributed by atoms with Gasteiger partial charge in [0.25, 0.3) is 5.56 Å². The molecule has 2 aromatic carbocycles. The van der Waals surface area contributed by atoms with Crippen LogP contribution in [-0.2, 0) is 11.0 Å². The molecule has 0 spiro atoms. The molecule has 12 heteroatoms. The molecule has 224 valence electrons. The highest BCUT2D eigenvalue weighted by Gasteiger charge is 2.37. The van der Waals surface area contributed by atoms with Gasteiger partial charge in [0.15, 0.2) is 8.32 Å². The Morgan fingerprint density at radius 3 is 2.32 bits per heavy atom. The Morgan fingerprint density at radius 2 is 1.73 bits per heavy atom. The first-order valence-corrected chi connectivity index (χ1v) is 16.2. The summed E-state index contributed by atoms with van der Waals surface area (Å²) < 4.78 is 50.6. The number of urea groups is 1. The fourth-order valence-electron chi connectivity index (χ4n) is 4.01. The highest BCUT2D eigenvalue weighted by Crippen LogP contribution is 2.38. The Bertz CT molecular complexity index is 1470. The van der Waals surface area contributed by atoms with Crippen molar-refractivity contribution < 1.29 is 27.1 Å². The van der Waals surface area contributed by atoms with Crippen molar-refractivity contribution in [3.63, 3.8) is 0 Å². The monoisotopic (exact) mass is 592 g/mol. The van der Waals surface area contributed by atoms with Crippen molar-refractivity contribution in [2.24, 2.45) is 0 Å². The Labute approximate surface area is 239 Å². The van der Waals surface area contributed by atoms with Crippen molar-refractivity contribution in [1.82, 2.24) is 14.9 Å². The maximum Gasteiger partial charge on any atom is 0.573 e. The van der Waals surface area contributed by atoms with E-state index in [0.717, 1.165) is 0 Å². The maximum atomic E-state index is 13.1. The first-order chi connectivity index (χ1) is 18.7. The second-order valence-electron chi connectivity index (χ2n) is 12.6. The zero-order valence-corrected chi connectivity index (χ0v) is 26.0. The van der Waals surface area contributed by atoms with Gasteiger partial charge < -0.3 is 19.8 Å². The minimum absolute atomic E-state index is 0.0810. The minimum Gasteiger partial charge on any atom is -0.412 e. The van der Waals surface area contributed by atoms with E-state index < -0.39 is 37.9 Å². The molecule has 0 radical (unpaired) electrons. The largest absolute Gasteiger partial charge is 0.573 e. The summed E-state index contributed by atoms with van der Waals surface area (Å²) in [6, 6.07) is 7.80. The lowest BCUT2D eigenvalue weighted by Crippen LogP contribution is -2.43. The third-order valence-corrected chi connectivity index (χ3v) is 11.6. The van der Waals surface area contributed by atoms with Gasteiger partial charge in [-0.2, -0.15) is 0 Å². The van der Waals surface area contributed by atoms with E-state index in [9.17, 15) is 22.8 Å². The topological polar surface area (TPSA) is 94.5 Å². The van der Waals surface area contributed by atoms with Crippen LogP contribution in [0.3, 0.4) is 0 Å². The lowest BCUT2D eigenvalue weighted by molar-refractivity contribution is -0.274. The third kappa shape index (κ3) is 8.10. The van der Waals surface area contributed by atoms with Crippen LogP contribution in [0.4, 0.5) is 23.7 Å². The molecule has 8 nitrogen and oxygen atoms in total. The first kappa shape index (κ1) is 32.1. The highest BCUT2D eigenvalue weighted by atomic mass is 28.4. The predicted molar refractivity (Wildman–Crippen MR) is 157 cm³/mol. The summed E-state index contributed by atoms with van der Waals surface area (Å²) in [7, 11) is -2.23. The van der Waals surface area contributed by atoms with Gasteiger partial charge in [-0.25, -0.2) is 9.78 Å². The van der Waals surface area contributed by atoms with Crippen LogP contribution in [0.1, 0.15) is 65.6 Å². The van der Waals surface area contributed by atoms with E-state index in [-0.39, 0.29) is 17.4 Å². The molecule has 0 saturated heterocycles. The molecule has 0 aliphatic rings. The van der Waals surface area contributed by atoms with E-state index in [2.05, 4.69) is 54.2 Å². The normalized spacial score (nSPS) is 13.7. The van der Waals surface area contributed by atoms with Crippen LogP contribution < -0.4 is 20.9 Å². The number of carbonyl (C=O) groups is 1. The summed E-state index contributed by atoms with van der Waals surface area (Å²) in [5.41, 5.74) is 1.48. The molecule has 41 heavy (non-hydrogen) atoms. The smallest absolute Gasteiger partial charge is 0.412 e. The van der Waals surface area contributed by atoms with E-state index >= 15 is 0 Å². The van der Waals surface area contributed by atoms with Gasteiger partial charge in [0.1, 0.15) is 5.75 Å². The Hall–Kier alpha value is -3.38. The number of carbonyl (C=O) groups excluding carboxylic acids is 1. The first-order valence-electron chi connectivity index (χ1n) is 13.3. The van der Waals surface area contributed by atoms with E-state index in [1.807, 2.05) is 20.8 Å². The summed E-state index contributed by atoms with van der Waals surface area (Å²) in [5, 5.41) is 5.68. The molecule has 1 heterocycles. The lowest BCUT2D eigenvalue weighted by Gasteiger charge is -2.36. The number of hydrogen-bond acceptors (Lipinski definition) is 5. The van der Waals surface area contributed by atoms with E-state index in [1.165, 1.54) is 29.0 Å². The number of halogens is 3. The van der Waals surface area contributed by atoms with Gasteiger partial charge in [-0.15, -0.1) is 13.2 Å². The number of anilines is 1. The molecule has 0 fully saturated rings. The molecule has 0 saturated carbocycles. The number of benzene rings is 2. The van der Waals surface area contributed by atoms with Gasteiger partial charge in [-0.3, -0.25) is 9.36 Å². The minimum atomic E-state index is -4.84. The lowest BCUT2D eigenvalue weighted by atomic mass is 10.1. The molecule has 1 aromatic heterocycles. The molecule has 3 aromatic rings. The van der Waals surface area contributed by atoms with Gasteiger partial charge in [0, 0.05) is 11.1 Å².